The SMILES string of the molecule is NCCOOCc1ccncc1. The molecule has 0 atom stereocenters. The molecular weight excluding hydrogens is 156 g/mol. The first kappa shape index (κ1) is 9.12. The molecule has 0 saturated heterocycles. The second-order valence-electron chi connectivity index (χ2n) is 2.23. The van der Waals surface area contributed by atoms with Crippen LogP contribution in [-0.4, -0.2) is 18.1 Å². The van der Waals surface area contributed by atoms with Gasteiger partial charge in [0, 0.05) is 18.9 Å². The van der Waals surface area contributed by atoms with E-state index in [1.54, 1.807) is 12.4 Å². The molecule has 1 aromatic rings. The summed E-state index contributed by atoms with van der Waals surface area (Å²) in [5.41, 5.74) is 6.22. The zero-order chi connectivity index (χ0) is 8.65. The van der Waals surface area contributed by atoms with Crippen molar-refractivity contribution < 1.29 is 9.78 Å². The van der Waals surface area contributed by atoms with Crippen LogP contribution in [0.25, 0.3) is 0 Å². The predicted molar refractivity (Wildman–Crippen MR) is 44.0 cm³/mol. The minimum atomic E-state index is 0.422. The van der Waals surface area contributed by atoms with E-state index in [0.717, 1.165) is 5.56 Å². The normalized spacial score (nSPS) is 10.1. The Labute approximate surface area is 71.2 Å². The van der Waals surface area contributed by atoms with Gasteiger partial charge in [-0.25, -0.2) is 9.78 Å². The van der Waals surface area contributed by atoms with Crippen molar-refractivity contribution in [2.24, 2.45) is 5.73 Å². The third-order valence-corrected chi connectivity index (χ3v) is 1.26. The van der Waals surface area contributed by atoms with Crippen LogP contribution in [-0.2, 0) is 16.4 Å². The summed E-state index contributed by atoms with van der Waals surface area (Å²) in [6.07, 6.45) is 3.42. The molecule has 1 heterocycles. The lowest BCUT2D eigenvalue weighted by molar-refractivity contribution is -0.301. The van der Waals surface area contributed by atoms with Crippen molar-refractivity contribution in [1.29, 1.82) is 0 Å². The van der Waals surface area contributed by atoms with Crippen LogP contribution in [0.1, 0.15) is 5.56 Å². The van der Waals surface area contributed by atoms with Crippen molar-refractivity contribution in [3.05, 3.63) is 30.1 Å². The predicted octanol–water partition coefficient (Wildman–Crippen LogP) is 0.488. The molecule has 0 unspecified atom stereocenters. The second-order valence-corrected chi connectivity index (χ2v) is 2.23. The highest BCUT2D eigenvalue weighted by Crippen LogP contribution is 1.98. The monoisotopic (exact) mass is 168 g/mol. The lowest BCUT2D eigenvalue weighted by Crippen LogP contribution is -2.08. The number of hydrogen-bond acceptors (Lipinski definition) is 4. The summed E-state index contributed by atoms with van der Waals surface area (Å²) >= 11 is 0. The van der Waals surface area contributed by atoms with Crippen molar-refractivity contribution in [2.45, 2.75) is 6.61 Å². The first-order valence-corrected chi connectivity index (χ1v) is 3.77. The standard InChI is InChI=1S/C8H12N2O2/c9-3-6-11-12-7-8-1-4-10-5-2-8/h1-2,4-5H,3,6-7,9H2. The van der Waals surface area contributed by atoms with Crippen LogP contribution >= 0.6 is 0 Å². The van der Waals surface area contributed by atoms with E-state index >= 15 is 0 Å². The fraction of sp³-hybridized carbons (Fsp3) is 0.375. The zero-order valence-corrected chi connectivity index (χ0v) is 6.77. The van der Waals surface area contributed by atoms with E-state index in [9.17, 15) is 0 Å². The Morgan fingerprint density at radius 3 is 2.67 bits per heavy atom. The van der Waals surface area contributed by atoms with Crippen LogP contribution in [0.15, 0.2) is 24.5 Å². The van der Waals surface area contributed by atoms with Gasteiger partial charge >= 0.3 is 0 Å². The van der Waals surface area contributed by atoms with Crippen molar-refractivity contribution in [3.8, 4) is 0 Å². The average molecular weight is 168 g/mol. The summed E-state index contributed by atoms with van der Waals surface area (Å²) in [4.78, 5) is 13.5. The lowest BCUT2D eigenvalue weighted by atomic mass is 10.3. The highest BCUT2D eigenvalue weighted by Gasteiger charge is 1.91. The van der Waals surface area contributed by atoms with Gasteiger partial charge in [-0.2, -0.15) is 0 Å². The third-order valence-electron chi connectivity index (χ3n) is 1.26. The summed E-state index contributed by atoms with van der Waals surface area (Å²) in [6, 6.07) is 3.73. The van der Waals surface area contributed by atoms with E-state index in [4.69, 9.17) is 15.5 Å². The Kier molecular flexibility index (Phi) is 4.30. The fourth-order valence-electron chi connectivity index (χ4n) is 0.696. The Morgan fingerprint density at radius 2 is 2.00 bits per heavy atom. The van der Waals surface area contributed by atoms with Crippen molar-refractivity contribution in [1.82, 2.24) is 4.98 Å². The molecule has 0 saturated carbocycles. The minimum absolute atomic E-state index is 0.422. The number of nitrogens with two attached hydrogens (primary N) is 1. The van der Waals surface area contributed by atoms with Gasteiger partial charge in [0.1, 0.15) is 6.61 Å². The molecular formula is C8H12N2O2. The molecule has 12 heavy (non-hydrogen) atoms. The van der Waals surface area contributed by atoms with Gasteiger partial charge in [-0.05, 0) is 17.7 Å². The maximum absolute atomic E-state index is 5.19. The molecule has 66 valence electrons. The molecule has 0 fully saturated rings. The maximum atomic E-state index is 5.19. The van der Waals surface area contributed by atoms with Crippen LogP contribution in [0.4, 0.5) is 0 Å². The molecule has 4 nitrogen and oxygen atoms in total. The summed E-state index contributed by atoms with van der Waals surface area (Å²) in [7, 11) is 0. The molecule has 0 radical (unpaired) electrons. The highest BCUT2D eigenvalue weighted by atomic mass is 17.2. The van der Waals surface area contributed by atoms with Gasteiger partial charge in [-0.3, -0.25) is 4.98 Å². The van der Waals surface area contributed by atoms with Crippen molar-refractivity contribution >= 4 is 0 Å². The van der Waals surface area contributed by atoms with E-state index in [-0.39, 0.29) is 0 Å². The van der Waals surface area contributed by atoms with Crippen LogP contribution in [0.5, 0.6) is 0 Å². The Hall–Kier alpha value is -0.970. The van der Waals surface area contributed by atoms with Gasteiger partial charge in [-0.15, -0.1) is 0 Å². The van der Waals surface area contributed by atoms with Gasteiger partial charge in [0.2, 0.25) is 0 Å². The molecule has 1 aromatic heterocycles. The van der Waals surface area contributed by atoms with Crippen LogP contribution in [0.2, 0.25) is 0 Å². The molecule has 0 aliphatic carbocycles. The number of nitrogens with zero attached hydrogens (tertiary/aromatic N) is 1. The molecule has 0 bridgehead atoms. The Bertz CT molecular complexity index is 203. The number of rotatable bonds is 5. The average Bonchev–Trinajstić information content (AvgIpc) is 2.14. The quantitative estimate of drug-likeness (QED) is 0.395. The molecule has 0 amide bonds. The first-order chi connectivity index (χ1) is 5.93. The van der Waals surface area contributed by atoms with Gasteiger partial charge in [0.25, 0.3) is 0 Å². The van der Waals surface area contributed by atoms with Gasteiger partial charge in [0.15, 0.2) is 0 Å². The minimum Gasteiger partial charge on any atom is -0.328 e. The Balaban J connectivity index is 2.16. The third kappa shape index (κ3) is 3.43. The molecule has 0 aromatic carbocycles. The fourth-order valence-corrected chi connectivity index (χ4v) is 0.696. The zero-order valence-electron chi connectivity index (χ0n) is 6.77. The van der Waals surface area contributed by atoms with Crippen molar-refractivity contribution in [2.75, 3.05) is 13.2 Å². The van der Waals surface area contributed by atoms with Gasteiger partial charge in [-0.1, -0.05) is 0 Å². The van der Waals surface area contributed by atoms with Crippen LogP contribution in [0, 0.1) is 0 Å². The van der Waals surface area contributed by atoms with Gasteiger partial charge < -0.3 is 5.73 Å². The number of aromatic nitrogens is 1. The summed E-state index contributed by atoms with van der Waals surface area (Å²) in [6.45, 7) is 1.32. The second kappa shape index (κ2) is 5.65. The van der Waals surface area contributed by atoms with Crippen molar-refractivity contribution in [3.63, 3.8) is 0 Å². The molecule has 0 spiro atoms. The van der Waals surface area contributed by atoms with E-state index in [2.05, 4.69) is 4.98 Å². The molecule has 2 N–H and O–H groups in total. The lowest BCUT2D eigenvalue weighted by Gasteiger charge is -2.01. The molecule has 0 aliphatic rings. The number of pyridine rings is 1. The van der Waals surface area contributed by atoms with E-state index in [1.165, 1.54) is 0 Å². The summed E-state index contributed by atoms with van der Waals surface area (Å²) in [5.74, 6) is 0. The first-order valence-electron chi connectivity index (χ1n) is 3.77. The molecule has 1 rings (SSSR count). The van der Waals surface area contributed by atoms with E-state index in [0.29, 0.717) is 19.8 Å². The maximum Gasteiger partial charge on any atom is 0.107 e. The summed E-state index contributed by atoms with van der Waals surface area (Å²) < 4.78 is 0. The largest absolute Gasteiger partial charge is 0.328 e. The van der Waals surface area contributed by atoms with Gasteiger partial charge in [0.05, 0.1) is 6.61 Å². The topological polar surface area (TPSA) is 57.4 Å². The Morgan fingerprint density at radius 1 is 1.25 bits per heavy atom. The van der Waals surface area contributed by atoms with E-state index in [1.807, 2.05) is 12.1 Å². The smallest absolute Gasteiger partial charge is 0.107 e. The highest BCUT2D eigenvalue weighted by molar-refractivity contribution is 5.07. The molecule has 4 heteroatoms. The van der Waals surface area contributed by atoms with Crippen LogP contribution < -0.4 is 5.73 Å². The van der Waals surface area contributed by atoms with Crippen LogP contribution in [0.3, 0.4) is 0 Å². The van der Waals surface area contributed by atoms with E-state index < -0.39 is 0 Å². The number of hydrogen-bond donors (Lipinski definition) is 1. The molecule has 0 aliphatic heterocycles. The summed E-state index contributed by atoms with van der Waals surface area (Å²) in [5, 5.41) is 0.